The highest BCUT2D eigenvalue weighted by molar-refractivity contribution is 6.09. The lowest BCUT2D eigenvalue weighted by Gasteiger charge is -2.41. The maximum atomic E-state index is 14.1. The predicted molar refractivity (Wildman–Crippen MR) is 130 cm³/mol. The van der Waals surface area contributed by atoms with Crippen LogP contribution in [0.15, 0.2) is 48.5 Å². The van der Waals surface area contributed by atoms with Gasteiger partial charge in [-0.3, -0.25) is 29.9 Å². The van der Waals surface area contributed by atoms with Crippen molar-refractivity contribution < 1.29 is 24.0 Å². The van der Waals surface area contributed by atoms with Crippen molar-refractivity contribution in [3.05, 3.63) is 75.5 Å². The van der Waals surface area contributed by atoms with Gasteiger partial charge in [-0.05, 0) is 37.0 Å². The third kappa shape index (κ3) is 3.56. The van der Waals surface area contributed by atoms with Crippen molar-refractivity contribution in [3.63, 3.8) is 0 Å². The molecule has 10 nitrogen and oxygen atoms in total. The number of hydrogen-bond acceptors (Lipinski definition) is 7. The van der Waals surface area contributed by atoms with Crippen LogP contribution in [0.4, 0.5) is 5.69 Å². The fraction of sp³-hybridized carbons (Fsp3) is 0.346. The molecule has 10 heteroatoms. The standard InChI is InChI=1S/C26H26N4O6/c1-36-25(33)26(22-17(13-14-27-26)16-8-2-4-11-20(16)28-22)19-10-6-7-15-29(24(19)32)23(31)18-9-3-5-12-21(18)30(34)35/h2-5,8-9,11-12,19,27-28H,6-7,10,13-15H2,1H3/t19-,26+/m0/s1. The number of nitro benzene ring substituents is 1. The number of nitrogens with zero attached hydrogens (tertiary/aromatic N) is 2. The van der Waals surface area contributed by atoms with Crippen molar-refractivity contribution in [2.75, 3.05) is 20.2 Å². The van der Waals surface area contributed by atoms with Crippen LogP contribution in [0.5, 0.6) is 0 Å². The van der Waals surface area contributed by atoms with Gasteiger partial charge in [0.2, 0.25) is 5.91 Å². The quantitative estimate of drug-likeness (QED) is 0.248. The van der Waals surface area contributed by atoms with E-state index in [1.165, 1.54) is 31.4 Å². The van der Waals surface area contributed by atoms with Gasteiger partial charge in [-0.15, -0.1) is 0 Å². The van der Waals surface area contributed by atoms with Gasteiger partial charge >= 0.3 is 5.97 Å². The van der Waals surface area contributed by atoms with Gasteiger partial charge in [-0.1, -0.05) is 36.8 Å². The monoisotopic (exact) mass is 490 g/mol. The van der Waals surface area contributed by atoms with E-state index in [2.05, 4.69) is 10.3 Å². The summed E-state index contributed by atoms with van der Waals surface area (Å²) in [4.78, 5) is 56.4. The molecule has 1 aromatic heterocycles. The van der Waals surface area contributed by atoms with Crippen LogP contribution in [0.2, 0.25) is 0 Å². The summed E-state index contributed by atoms with van der Waals surface area (Å²) < 4.78 is 5.25. The number of carbonyl (C=O) groups is 3. The zero-order valence-electron chi connectivity index (χ0n) is 19.8. The highest BCUT2D eigenvalue weighted by atomic mass is 16.6. The van der Waals surface area contributed by atoms with Gasteiger partial charge in [0.25, 0.3) is 11.6 Å². The number of para-hydroxylation sites is 2. The maximum Gasteiger partial charge on any atom is 0.333 e. The molecule has 1 saturated heterocycles. The van der Waals surface area contributed by atoms with Gasteiger partial charge in [-0.25, -0.2) is 4.79 Å². The number of likely N-dealkylation sites (tertiary alicyclic amines) is 1. The van der Waals surface area contributed by atoms with Gasteiger partial charge in [0, 0.05) is 30.1 Å². The van der Waals surface area contributed by atoms with Gasteiger partial charge in [0.1, 0.15) is 5.56 Å². The molecule has 186 valence electrons. The number of aromatic nitrogens is 1. The molecule has 36 heavy (non-hydrogen) atoms. The second-order valence-corrected chi connectivity index (χ2v) is 9.12. The number of H-pyrrole nitrogens is 1. The Morgan fingerprint density at radius 2 is 1.89 bits per heavy atom. The minimum absolute atomic E-state index is 0.108. The van der Waals surface area contributed by atoms with Crippen LogP contribution in [-0.2, 0) is 26.3 Å². The summed E-state index contributed by atoms with van der Waals surface area (Å²) in [5.74, 6) is -2.87. The smallest absolute Gasteiger partial charge is 0.333 e. The van der Waals surface area contributed by atoms with Crippen LogP contribution in [-0.4, -0.2) is 52.8 Å². The van der Waals surface area contributed by atoms with Crippen LogP contribution in [0, 0.1) is 16.0 Å². The Morgan fingerprint density at radius 3 is 2.67 bits per heavy atom. The first kappa shape index (κ1) is 23.7. The Morgan fingerprint density at radius 1 is 1.14 bits per heavy atom. The summed E-state index contributed by atoms with van der Waals surface area (Å²) >= 11 is 0. The Labute approximate surface area is 206 Å². The molecule has 3 heterocycles. The summed E-state index contributed by atoms with van der Waals surface area (Å²) in [6.07, 6.45) is 2.10. The van der Waals surface area contributed by atoms with Gasteiger partial charge < -0.3 is 9.72 Å². The Bertz CT molecular complexity index is 1380. The van der Waals surface area contributed by atoms with Crippen molar-refractivity contribution in [2.45, 2.75) is 31.2 Å². The molecule has 0 saturated carbocycles. The Balaban J connectivity index is 1.63. The highest BCUT2D eigenvalue weighted by Crippen LogP contribution is 2.43. The van der Waals surface area contributed by atoms with Crippen LogP contribution in [0.25, 0.3) is 10.9 Å². The third-order valence-electron chi connectivity index (χ3n) is 7.28. The third-order valence-corrected chi connectivity index (χ3v) is 7.28. The summed E-state index contributed by atoms with van der Waals surface area (Å²) in [5, 5.41) is 15.8. The zero-order valence-corrected chi connectivity index (χ0v) is 19.8. The average molecular weight is 491 g/mol. The van der Waals surface area contributed by atoms with Crippen LogP contribution < -0.4 is 5.32 Å². The first-order valence-electron chi connectivity index (χ1n) is 11.9. The largest absolute Gasteiger partial charge is 0.467 e. The molecule has 2 N–H and O–H groups in total. The summed E-state index contributed by atoms with van der Waals surface area (Å²) in [6, 6.07) is 13.3. The number of aromatic amines is 1. The Hall–Kier alpha value is -4.05. The second kappa shape index (κ2) is 9.19. The van der Waals surface area contributed by atoms with E-state index in [9.17, 15) is 24.5 Å². The minimum Gasteiger partial charge on any atom is -0.467 e. The number of nitrogens with one attached hydrogen (secondary N) is 2. The Kier molecular flexibility index (Phi) is 6.05. The molecule has 2 aliphatic heterocycles. The lowest BCUT2D eigenvalue weighted by Crippen LogP contribution is -2.62. The molecule has 0 spiro atoms. The van der Waals surface area contributed by atoms with Crippen molar-refractivity contribution in [1.29, 1.82) is 0 Å². The number of fused-ring (bicyclic) bond motifs is 3. The summed E-state index contributed by atoms with van der Waals surface area (Å²) in [5.41, 5.74) is 0.292. The van der Waals surface area contributed by atoms with Crippen molar-refractivity contribution in [3.8, 4) is 0 Å². The first-order valence-corrected chi connectivity index (χ1v) is 11.9. The fourth-order valence-electron chi connectivity index (χ4n) is 5.65. The van der Waals surface area contributed by atoms with Crippen LogP contribution in [0.3, 0.4) is 0 Å². The van der Waals surface area contributed by atoms with E-state index < -0.39 is 34.2 Å². The van der Waals surface area contributed by atoms with Crippen molar-refractivity contribution in [2.24, 2.45) is 5.92 Å². The number of amides is 2. The molecule has 0 unspecified atom stereocenters. The SMILES string of the molecule is COC(=O)[C@]1([C@H]2CCCCN(C(=O)c3ccccc3[N+](=O)[O-])C2=O)NCCc2c1[nH]c1ccccc21. The molecule has 0 radical (unpaired) electrons. The van der Waals surface area contributed by atoms with Crippen LogP contribution in [0.1, 0.15) is 40.9 Å². The molecule has 0 aliphatic carbocycles. The molecule has 1 fully saturated rings. The molecular formula is C26H26N4O6. The van der Waals surface area contributed by atoms with Gasteiger partial charge in [-0.2, -0.15) is 0 Å². The normalized spacial score (nSPS) is 22.1. The van der Waals surface area contributed by atoms with E-state index >= 15 is 0 Å². The van der Waals surface area contributed by atoms with E-state index in [0.29, 0.717) is 37.9 Å². The average Bonchev–Trinajstić information content (AvgIpc) is 3.18. The number of nitro groups is 1. The van der Waals surface area contributed by atoms with Crippen LogP contribution >= 0.6 is 0 Å². The maximum absolute atomic E-state index is 14.1. The van der Waals surface area contributed by atoms with Gasteiger partial charge in [0.15, 0.2) is 5.54 Å². The van der Waals surface area contributed by atoms with E-state index in [1.54, 1.807) is 0 Å². The lowest BCUT2D eigenvalue weighted by atomic mass is 9.74. The molecule has 0 bridgehead atoms. The van der Waals surface area contributed by atoms with Gasteiger partial charge in [0.05, 0.1) is 23.6 Å². The van der Waals surface area contributed by atoms with E-state index in [4.69, 9.17) is 4.74 Å². The van der Waals surface area contributed by atoms with Crippen molar-refractivity contribution in [1.82, 2.24) is 15.2 Å². The van der Waals surface area contributed by atoms with E-state index in [1.807, 2.05) is 24.3 Å². The molecule has 3 aromatic rings. The minimum atomic E-state index is -1.52. The first-order chi connectivity index (χ1) is 17.4. The van der Waals surface area contributed by atoms with E-state index in [-0.39, 0.29) is 17.8 Å². The number of carbonyl (C=O) groups excluding carboxylic acids is 3. The molecule has 2 aliphatic rings. The number of hydrogen-bond donors (Lipinski definition) is 2. The lowest BCUT2D eigenvalue weighted by molar-refractivity contribution is -0.385. The number of methoxy groups -OCH3 is 1. The highest BCUT2D eigenvalue weighted by Gasteiger charge is 2.56. The molecule has 2 atom stereocenters. The number of benzene rings is 2. The number of ether oxygens (including phenoxy) is 1. The molecular weight excluding hydrogens is 464 g/mol. The number of imide groups is 1. The zero-order chi connectivity index (χ0) is 25.4. The number of esters is 1. The molecule has 2 aromatic carbocycles. The number of rotatable bonds is 4. The second-order valence-electron chi connectivity index (χ2n) is 9.12. The topological polar surface area (TPSA) is 135 Å². The molecule has 2 amide bonds. The molecule has 5 rings (SSSR count). The predicted octanol–water partition coefficient (Wildman–Crippen LogP) is 3.06. The van der Waals surface area contributed by atoms with E-state index in [0.717, 1.165) is 21.4 Å². The summed E-state index contributed by atoms with van der Waals surface area (Å²) in [6.45, 7) is 0.545. The van der Waals surface area contributed by atoms with Crippen molar-refractivity contribution >= 4 is 34.4 Å². The summed E-state index contributed by atoms with van der Waals surface area (Å²) in [7, 11) is 1.28. The fourth-order valence-corrected chi connectivity index (χ4v) is 5.65.